The fraction of sp³-hybridized carbons (Fsp3) is 0.125. The molecule has 0 atom stereocenters. The highest BCUT2D eigenvalue weighted by Crippen LogP contribution is 2.40. The molecule has 0 bridgehead atoms. The standard InChI is InChI=1S/C24H20N2O5S2/c1-15-4-3-5-16(2)20(15)14-33(30,31)19-10-11-22-21(13-19)25-24(27)23(32-22)12-17-6-8-18(9-7-17)26(28)29/h3-13H,14H2,1-2H3,(H,25,27)/b23-12-. The predicted octanol–water partition coefficient (Wildman–Crippen LogP) is 5.27. The Kier molecular flexibility index (Phi) is 6.09. The van der Waals surface area contributed by atoms with Crippen molar-refractivity contribution in [3.05, 3.63) is 97.9 Å². The lowest BCUT2D eigenvalue weighted by Gasteiger charge is -2.20. The molecule has 9 heteroatoms. The zero-order valence-corrected chi connectivity index (χ0v) is 19.5. The molecule has 0 spiro atoms. The minimum atomic E-state index is -3.61. The first-order valence-corrected chi connectivity index (χ1v) is 12.5. The van der Waals surface area contributed by atoms with Crippen LogP contribution in [-0.4, -0.2) is 19.2 Å². The zero-order chi connectivity index (χ0) is 23.8. The van der Waals surface area contributed by atoms with Gasteiger partial charge in [-0.05, 0) is 72.5 Å². The van der Waals surface area contributed by atoms with Crippen LogP contribution in [0.5, 0.6) is 0 Å². The number of fused-ring (bicyclic) bond motifs is 1. The highest BCUT2D eigenvalue weighted by molar-refractivity contribution is 8.04. The number of rotatable bonds is 5. The lowest BCUT2D eigenvalue weighted by Crippen LogP contribution is -2.18. The van der Waals surface area contributed by atoms with E-state index in [0.717, 1.165) is 16.7 Å². The first-order chi connectivity index (χ1) is 15.6. The van der Waals surface area contributed by atoms with Crippen LogP contribution in [0.1, 0.15) is 22.3 Å². The van der Waals surface area contributed by atoms with Gasteiger partial charge in [-0.3, -0.25) is 14.9 Å². The maximum absolute atomic E-state index is 13.1. The Morgan fingerprint density at radius 1 is 1.03 bits per heavy atom. The summed E-state index contributed by atoms with van der Waals surface area (Å²) in [4.78, 5) is 24.2. The molecule has 3 aromatic rings. The minimum absolute atomic E-state index is 0.0297. The average Bonchev–Trinajstić information content (AvgIpc) is 2.77. The molecule has 7 nitrogen and oxygen atoms in total. The molecule has 1 aliphatic heterocycles. The lowest BCUT2D eigenvalue weighted by atomic mass is 10.1. The van der Waals surface area contributed by atoms with Gasteiger partial charge in [-0.2, -0.15) is 0 Å². The van der Waals surface area contributed by atoms with Crippen molar-refractivity contribution in [2.45, 2.75) is 29.4 Å². The number of aryl methyl sites for hydroxylation is 2. The third-order valence-corrected chi connectivity index (χ3v) is 8.12. The second kappa shape index (κ2) is 8.84. The number of sulfone groups is 1. The van der Waals surface area contributed by atoms with Gasteiger partial charge in [-0.15, -0.1) is 0 Å². The van der Waals surface area contributed by atoms with Gasteiger partial charge in [-0.1, -0.05) is 30.0 Å². The van der Waals surface area contributed by atoms with E-state index in [1.807, 2.05) is 32.0 Å². The highest BCUT2D eigenvalue weighted by atomic mass is 32.2. The molecular formula is C24H20N2O5S2. The molecule has 1 heterocycles. The van der Waals surface area contributed by atoms with Gasteiger partial charge in [0.1, 0.15) is 0 Å². The number of nitro benzene ring substituents is 1. The number of hydrogen-bond donors (Lipinski definition) is 1. The van der Waals surface area contributed by atoms with Gasteiger partial charge in [0.05, 0.1) is 26.2 Å². The topological polar surface area (TPSA) is 106 Å². The van der Waals surface area contributed by atoms with Crippen LogP contribution < -0.4 is 5.32 Å². The van der Waals surface area contributed by atoms with E-state index < -0.39 is 14.8 Å². The van der Waals surface area contributed by atoms with E-state index in [1.165, 1.54) is 30.0 Å². The van der Waals surface area contributed by atoms with Gasteiger partial charge in [0.15, 0.2) is 9.84 Å². The molecule has 0 saturated carbocycles. The first-order valence-electron chi connectivity index (χ1n) is 10.0. The SMILES string of the molecule is Cc1cccc(C)c1CS(=O)(=O)c1ccc2c(c1)NC(=O)/C(=C/c1ccc([N+](=O)[O-])cc1)S2. The summed E-state index contributed by atoms with van der Waals surface area (Å²) in [6.45, 7) is 3.78. The Hall–Kier alpha value is -3.43. The number of carbonyl (C=O) groups excluding carboxylic acids is 1. The largest absolute Gasteiger partial charge is 0.320 e. The Morgan fingerprint density at radius 2 is 1.70 bits per heavy atom. The molecule has 1 N–H and O–H groups in total. The van der Waals surface area contributed by atoms with Crippen molar-refractivity contribution >= 4 is 45.0 Å². The van der Waals surface area contributed by atoms with E-state index in [2.05, 4.69) is 5.32 Å². The van der Waals surface area contributed by atoms with Gasteiger partial charge in [0.25, 0.3) is 11.6 Å². The predicted molar refractivity (Wildman–Crippen MR) is 129 cm³/mol. The summed E-state index contributed by atoms with van der Waals surface area (Å²) < 4.78 is 26.2. The number of hydrogen-bond acceptors (Lipinski definition) is 6. The van der Waals surface area contributed by atoms with E-state index in [1.54, 1.807) is 30.3 Å². The van der Waals surface area contributed by atoms with Gasteiger partial charge in [0, 0.05) is 17.0 Å². The molecule has 168 valence electrons. The number of carbonyl (C=O) groups is 1. The normalized spacial score (nSPS) is 14.6. The second-order valence-electron chi connectivity index (χ2n) is 7.70. The fourth-order valence-corrected chi connectivity index (χ4v) is 6.03. The molecule has 4 rings (SSSR count). The number of benzene rings is 3. The van der Waals surface area contributed by atoms with E-state index in [4.69, 9.17) is 0 Å². The van der Waals surface area contributed by atoms with Gasteiger partial charge in [-0.25, -0.2) is 8.42 Å². The summed E-state index contributed by atoms with van der Waals surface area (Å²) in [7, 11) is -3.61. The monoisotopic (exact) mass is 480 g/mol. The highest BCUT2D eigenvalue weighted by Gasteiger charge is 2.25. The van der Waals surface area contributed by atoms with E-state index in [-0.39, 0.29) is 22.2 Å². The maximum Gasteiger partial charge on any atom is 0.269 e. The lowest BCUT2D eigenvalue weighted by molar-refractivity contribution is -0.384. The molecule has 0 aromatic heterocycles. The van der Waals surface area contributed by atoms with Gasteiger partial charge >= 0.3 is 0 Å². The Morgan fingerprint density at radius 3 is 2.33 bits per heavy atom. The van der Waals surface area contributed by atoms with E-state index in [9.17, 15) is 23.3 Å². The summed E-state index contributed by atoms with van der Waals surface area (Å²) in [6, 6.07) is 16.3. The van der Waals surface area contributed by atoms with Crippen LogP contribution in [-0.2, 0) is 20.4 Å². The van der Waals surface area contributed by atoms with Crippen LogP contribution in [0.15, 0.2) is 75.4 Å². The summed E-state index contributed by atoms with van der Waals surface area (Å²) in [5.74, 6) is -0.480. The molecule has 0 fully saturated rings. The molecule has 0 aliphatic carbocycles. The Balaban J connectivity index is 1.59. The van der Waals surface area contributed by atoms with E-state index >= 15 is 0 Å². The van der Waals surface area contributed by atoms with Crippen molar-refractivity contribution in [2.24, 2.45) is 0 Å². The molecule has 0 radical (unpaired) electrons. The van der Waals surface area contributed by atoms with E-state index in [0.29, 0.717) is 21.1 Å². The molecule has 33 heavy (non-hydrogen) atoms. The number of nitro groups is 1. The van der Waals surface area contributed by atoms with Crippen LogP contribution in [0, 0.1) is 24.0 Å². The number of nitrogens with zero attached hydrogens (tertiary/aromatic N) is 1. The van der Waals surface area contributed by atoms with Gasteiger partial charge < -0.3 is 5.32 Å². The second-order valence-corrected chi connectivity index (χ2v) is 10.8. The van der Waals surface area contributed by atoms with Crippen LogP contribution in [0.3, 0.4) is 0 Å². The molecule has 1 amide bonds. The van der Waals surface area contributed by atoms with Crippen molar-refractivity contribution in [1.82, 2.24) is 0 Å². The molecular weight excluding hydrogens is 460 g/mol. The third-order valence-electron chi connectivity index (χ3n) is 5.38. The van der Waals surface area contributed by atoms with Crippen LogP contribution >= 0.6 is 11.8 Å². The molecule has 0 saturated heterocycles. The van der Waals surface area contributed by atoms with Crippen molar-refractivity contribution < 1.29 is 18.1 Å². The zero-order valence-electron chi connectivity index (χ0n) is 17.9. The van der Waals surface area contributed by atoms with Crippen LogP contribution in [0.2, 0.25) is 0 Å². The summed E-state index contributed by atoms with van der Waals surface area (Å²) in [5, 5.41) is 13.6. The van der Waals surface area contributed by atoms with Crippen molar-refractivity contribution in [1.29, 1.82) is 0 Å². The number of anilines is 1. The smallest absolute Gasteiger partial charge is 0.269 e. The quantitative estimate of drug-likeness (QED) is 0.303. The number of thioether (sulfide) groups is 1. The van der Waals surface area contributed by atoms with Gasteiger partial charge in [0.2, 0.25) is 0 Å². The number of non-ortho nitro benzene ring substituents is 1. The molecule has 3 aromatic carbocycles. The summed E-state index contributed by atoms with van der Waals surface area (Å²) >= 11 is 1.22. The number of amides is 1. The Bertz CT molecular complexity index is 1390. The van der Waals surface area contributed by atoms with Crippen molar-refractivity contribution in [2.75, 3.05) is 5.32 Å². The van der Waals surface area contributed by atoms with Crippen molar-refractivity contribution in [3.8, 4) is 0 Å². The maximum atomic E-state index is 13.1. The summed E-state index contributed by atoms with van der Waals surface area (Å²) in [5.41, 5.74) is 3.67. The third kappa shape index (κ3) is 4.84. The Labute approximate surface area is 195 Å². The van der Waals surface area contributed by atoms with Crippen molar-refractivity contribution in [3.63, 3.8) is 0 Å². The molecule has 0 unspecified atom stereocenters. The first kappa shape index (κ1) is 22.8. The van der Waals surface area contributed by atoms with Crippen LogP contribution in [0.4, 0.5) is 11.4 Å². The minimum Gasteiger partial charge on any atom is -0.320 e. The fourth-order valence-electron chi connectivity index (χ4n) is 3.53. The summed E-state index contributed by atoms with van der Waals surface area (Å²) in [6.07, 6.45) is 1.64. The molecule has 1 aliphatic rings. The van der Waals surface area contributed by atoms with Crippen LogP contribution in [0.25, 0.3) is 6.08 Å². The number of nitrogens with one attached hydrogen (secondary N) is 1. The average molecular weight is 481 g/mol.